The van der Waals surface area contributed by atoms with Crippen molar-refractivity contribution in [1.29, 1.82) is 0 Å². The number of rotatable bonds is 5. The van der Waals surface area contributed by atoms with Gasteiger partial charge in [0.2, 0.25) is 0 Å². The van der Waals surface area contributed by atoms with Crippen LogP contribution in [0.3, 0.4) is 0 Å². The van der Waals surface area contributed by atoms with Crippen LogP contribution in [-0.4, -0.2) is 27.0 Å². The fourth-order valence-corrected chi connectivity index (χ4v) is 2.01. The third-order valence-corrected chi connectivity index (χ3v) is 3.65. The van der Waals surface area contributed by atoms with Gasteiger partial charge in [-0.3, -0.25) is 0 Å². The van der Waals surface area contributed by atoms with Crippen molar-refractivity contribution in [3.63, 3.8) is 0 Å². The van der Waals surface area contributed by atoms with Crippen LogP contribution in [0.2, 0.25) is 0 Å². The summed E-state index contributed by atoms with van der Waals surface area (Å²) in [4.78, 5) is 0. The standard InChI is InChI=1S/C6H13BF3O2P/c1-3-11-13(7,4-2)12-5-6(8,9)10/h4,13H,2-3,5,7H2,1H3. The molecular weight excluding hydrogens is 203 g/mol. The van der Waals surface area contributed by atoms with Crippen LogP contribution in [0.15, 0.2) is 12.4 Å². The third kappa shape index (κ3) is 6.08. The Hall–Kier alpha value is -0.0551. The fraction of sp³-hybridized carbons (Fsp3) is 0.667. The van der Waals surface area contributed by atoms with E-state index in [2.05, 4.69) is 11.1 Å². The molecule has 7 heteroatoms. The minimum atomic E-state index is -4.31. The van der Waals surface area contributed by atoms with E-state index in [0.717, 1.165) is 0 Å². The molecule has 0 aromatic carbocycles. The summed E-state index contributed by atoms with van der Waals surface area (Å²) in [5, 5.41) is 0. The van der Waals surface area contributed by atoms with Crippen molar-refractivity contribution in [3.05, 3.63) is 12.4 Å². The molecule has 0 fully saturated rings. The second-order valence-electron chi connectivity index (χ2n) is 2.56. The zero-order chi connectivity index (χ0) is 10.5. The van der Waals surface area contributed by atoms with Crippen LogP contribution in [0.4, 0.5) is 13.2 Å². The third-order valence-electron chi connectivity index (χ3n) is 1.32. The van der Waals surface area contributed by atoms with E-state index in [-0.39, 0.29) is 0 Å². The average molecular weight is 216 g/mol. The number of hydrogen-bond acceptors (Lipinski definition) is 2. The predicted octanol–water partition coefficient (Wildman–Crippen LogP) is 1.87. The molecule has 0 N–H and O–H groups in total. The average Bonchev–Trinajstić information content (AvgIpc) is 2.01. The number of halogens is 3. The Bertz CT molecular complexity index is 176. The van der Waals surface area contributed by atoms with Crippen molar-refractivity contribution < 1.29 is 22.2 Å². The second kappa shape index (κ2) is 4.98. The molecule has 0 aromatic heterocycles. The van der Waals surface area contributed by atoms with Gasteiger partial charge in [-0.25, -0.2) is 0 Å². The van der Waals surface area contributed by atoms with Gasteiger partial charge in [0.25, 0.3) is 0 Å². The van der Waals surface area contributed by atoms with Gasteiger partial charge in [-0.05, 0) is 0 Å². The molecule has 0 unspecified atom stereocenters. The van der Waals surface area contributed by atoms with Crippen LogP contribution in [0.1, 0.15) is 6.92 Å². The van der Waals surface area contributed by atoms with Gasteiger partial charge in [-0.2, -0.15) is 0 Å². The van der Waals surface area contributed by atoms with E-state index >= 15 is 0 Å². The van der Waals surface area contributed by atoms with Gasteiger partial charge in [0.1, 0.15) is 0 Å². The topological polar surface area (TPSA) is 18.5 Å². The normalized spacial score (nSPS) is 14.2. The first-order chi connectivity index (χ1) is 5.83. The van der Waals surface area contributed by atoms with Gasteiger partial charge in [0.05, 0.1) is 0 Å². The monoisotopic (exact) mass is 216 g/mol. The van der Waals surface area contributed by atoms with Gasteiger partial charge < -0.3 is 0 Å². The van der Waals surface area contributed by atoms with Crippen molar-refractivity contribution in [2.24, 2.45) is 0 Å². The predicted molar refractivity (Wildman–Crippen MR) is 50.7 cm³/mol. The SMILES string of the molecule is B[PH](C=C)(OCC)OCC(F)(F)F. The molecule has 0 aliphatic rings. The first kappa shape index (κ1) is 12.9. The van der Waals surface area contributed by atoms with E-state index in [4.69, 9.17) is 4.52 Å². The Kier molecular flexibility index (Phi) is 4.96. The molecule has 0 rings (SSSR count). The van der Waals surface area contributed by atoms with E-state index in [9.17, 15) is 13.2 Å². The summed E-state index contributed by atoms with van der Waals surface area (Å²) >= 11 is 0. The Balaban J connectivity index is 4.05. The zero-order valence-electron chi connectivity index (χ0n) is 7.65. The van der Waals surface area contributed by atoms with Gasteiger partial charge in [0, 0.05) is 0 Å². The van der Waals surface area contributed by atoms with E-state index in [1.54, 1.807) is 6.92 Å². The molecule has 0 heterocycles. The molecule has 0 radical (unpaired) electrons. The summed E-state index contributed by atoms with van der Waals surface area (Å²) in [6.45, 7) is 4.15. The van der Waals surface area contributed by atoms with Crippen LogP contribution < -0.4 is 0 Å². The van der Waals surface area contributed by atoms with Crippen molar-refractivity contribution in [2.45, 2.75) is 13.1 Å². The van der Waals surface area contributed by atoms with Crippen molar-refractivity contribution >= 4 is 15.2 Å². The molecule has 0 bridgehead atoms. The van der Waals surface area contributed by atoms with Crippen LogP contribution in [0, 0.1) is 0 Å². The van der Waals surface area contributed by atoms with Crippen molar-refractivity contribution in [3.8, 4) is 0 Å². The quantitative estimate of drug-likeness (QED) is 0.515. The molecule has 78 valence electrons. The first-order valence-corrected chi connectivity index (χ1v) is 6.20. The molecular formula is C6H13BF3O2P. The first-order valence-electron chi connectivity index (χ1n) is 3.81. The molecule has 2 nitrogen and oxygen atoms in total. The van der Waals surface area contributed by atoms with Gasteiger partial charge in [0.15, 0.2) is 0 Å². The van der Waals surface area contributed by atoms with Gasteiger partial charge >= 0.3 is 76.1 Å². The van der Waals surface area contributed by atoms with Gasteiger partial charge in [-0.1, -0.05) is 0 Å². The molecule has 0 aliphatic carbocycles. The van der Waals surface area contributed by atoms with Crippen molar-refractivity contribution in [1.82, 2.24) is 0 Å². The van der Waals surface area contributed by atoms with Crippen LogP contribution in [0.5, 0.6) is 0 Å². The van der Waals surface area contributed by atoms with Crippen LogP contribution in [0.25, 0.3) is 0 Å². The van der Waals surface area contributed by atoms with Gasteiger partial charge in [-0.15, -0.1) is 0 Å². The van der Waals surface area contributed by atoms with E-state index in [1.165, 1.54) is 13.4 Å². The molecule has 0 saturated carbocycles. The molecule has 0 spiro atoms. The number of hydrogen-bond donors (Lipinski definition) is 0. The fourth-order valence-electron chi connectivity index (χ4n) is 0.671. The molecule has 0 atom stereocenters. The molecule has 0 saturated heterocycles. The summed E-state index contributed by atoms with van der Waals surface area (Å²) in [7, 11) is -1.27. The maximum absolute atomic E-state index is 11.8. The Morgan fingerprint density at radius 3 is 2.31 bits per heavy atom. The summed E-state index contributed by atoms with van der Waals surface area (Å²) in [6.07, 6.45) is -4.31. The minimum absolute atomic E-state index is 0.326. The molecule has 0 amide bonds. The summed E-state index contributed by atoms with van der Waals surface area (Å²) in [6, 6.07) is 0. The molecule has 0 aliphatic heterocycles. The zero-order valence-corrected chi connectivity index (χ0v) is 8.65. The molecule has 0 aromatic rings. The van der Waals surface area contributed by atoms with E-state index < -0.39 is 20.4 Å². The number of alkyl halides is 3. The maximum atomic E-state index is 11.8. The van der Waals surface area contributed by atoms with E-state index in [1.807, 2.05) is 0 Å². The Labute approximate surface area is 77.0 Å². The Morgan fingerprint density at radius 1 is 1.46 bits per heavy atom. The Morgan fingerprint density at radius 2 is 2.00 bits per heavy atom. The summed E-state index contributed by atoms with van der Waals surface area (Å²) < 4.78 is 45.0. The summed E-state index contributed by atoms with van der Waals surface area (Å²) in [5.41, 5.74) is 0. The molecule has 13 heavy (non-hydrogen) atoms. The second-order valence-corrected chi connectivity index (χ2v) is 5.57. The summed E-state index contributed by atoms with van der Waals surface area (Å²) in [5.74, 6) is 1.34. The van der Waals surface area contributed by atoms with Crippen molar-refractivity contribution in [2.75, 3.05) is 13.2 Å². The van der Waals surface area contributed by atoms with Crippen LogP contribution in [-0.2, 0) is 9.05 Å². The van der Waals surface area contributed by atoms with Crippen LogP contribution >= 0.6 is 7.59 Å². The van der Waals surface area contributed by atoms with E-state index in [0.29, 0.717) is 6.61 Å².